The molecule has 8 nitrogen and oxygen atoms in total. The lowest BCUT2D eigenvalue weighted by Crippen LogP contribution is -2.56. The molecule has 2 amide bonds. The van der Waals surface area contributed by atoms with Gasteiger partial charge in [0.15, 0.2) is 0 Å². The highest BCUT2D eigenvalue weighted by molar-refractivity contribution is 6.14. The van der Waals surface area contributed by atoms with Crippen molar-refractivity contribution in [2.45, 2.75) is 44.6 Å². The van der Waals surface area contributed by atoms with E-state index < -0.39 is 5.41 Å². The van der Waals surface area contributed by atoms with Crippen LogP contribution in [-0.4, -0.2) is 60.5 Å². The van der Waals surface area contributed by atoms with Gasteiger partial charge in [-0.15, -0.1) is 0 Å². The smallest absolute Gasteiger partial charge is 0.244 e. The van der Waals surface area contributed by atoms with Gasteiger partial charge in [0.25, 0.3) is 0 Å². The van der Waals surface area contributed by atoms with E-state index in [1.807, 2.05) is 11.1 Å². The highest BCUT2D eigenvalue weighted by Gasteiger charge is 2.56. The number of hydrogen-bond acceptors (Lipinski definition) is 6. The number of carbonyl (C=O) groups excluding carboxylic acids is 2. The minimum atomic E-state index is -0.963. The molecular weight excluding hydrogens is 344 g/mol. The summed E-state index contributed by atoms with van der Waals surface area (Å²) in [6.45, 7) is 4.12. The minimum absolute atomic E-state index is 0.0538. The first-order valence-electron chi connectivity index (χ1n) is 10.1. The van der Waals surface area contributed by atoms with Gasteiger partial charge >= 0.3 is 0 Å². The molecule has 0 aromatic carbocycles. The summed E-state index contributed by atoms with van der Waals surface area (Å²) < 4.78 is 0. The van der Waals surface area contributed by atoms with Gasteiger partial charge in [-0.1, -0.05) is 12.8 Å². The zero-order chi connectivity index (χ0) is 18.4. The molecule has 5 rings (SSSR count). The lowest BCUT2D eigenvalue weighted by molar-refractivity contribution is -0.140. The van der Waals surface area contributed by atoms with Gasteiger partial charge in [0.1, 0.15) is 11.2 Å². The molecule has 0 unspecified atom stereocenters. The standard InChI is InChI=1S/C19H26N6O2/c26-16-19(5-6-21-16)11-13-12-22-18(24-9-7-20-8-10-24)23-15(13)25(17(19)27)14-3-1-2-4-14/h12,14,20H,1-11H2,(H,21,26)/t19-/m1/s1. The van der Waals surface area contributed by atoms with Gasteiger partial charge in [-0.3, -0.25) is 14.5 Å². The molecule has 1 aromatic rings. The van der Waals surface area contributed by atoms with E-state index in [4.69, 9.17) is 4.98 Å². The normalized spacial score (nSPS) is 28.7. The van der Waals surface area contributed by atoms with Gasteiger partial charge in [-0.2, -0.15) is 4.98 Å². The van der Waals surface area contributed by atoms with E-state index >= 15 is 0 Å². The third-order valence-electron chi connectivity index (χ3n) is 6.54. The van der Waals surface area contributed by atoms with Crippen molar-refractivity contribution in [2.75, 3.05) is 42.5 Å². The van der Waals surface area contributed by atoms with Gasteiger partial charge in [-0.25, -0.2) is 4.98 Å². The van der Waals surface area contributed by atoms with Crippen molar-refractivity contribution >= 4 is 23.6 Å². The third-order valence-corrected chi connectivity index (χ3v) is 6.54. The molecule has 2 N–H and O–H groups in total. The molecule has 1 atom stereocenters. The average molecular weight is 370 g/mol. The van der Waals surface area contributed by atoms with E-state index in [0.29, 0.717) is 25.3 Å². The van der Waals surface area contributed by atoms with Crippen LogP contribution in [-0.2, 0) is 16.0 Å². The van der Waals surface area contributed by atoms with Crippen LogP contribution in [0.15, 0.2) is 6.20 Å². The Labute approximate surface area is 158 Å². The van der Waals surface area contributed by atoms with E-state index in [1.54, 1.807) is 0 Å². The summed E-state index contributed by atoms with van der Waals surface area (Å²) in [7, 11) is 0. The topological polar surface area (TPSA) is 90.5 Å². The van der Waals surface area contributed by atoms with Crippen molar-refractivity contribution in [2.24, 2.45) is 5.41 Å². The van der Waals surface area contributed by atoms with Gasteiger partial charge in [-0.05, 0) is 19.3 Å². The lowest BCUT2D eigenvalue weighted by Gasteiger charge is -2.41. The molecule has 0 radical (unpaired) electrons. The molecule has 1 spiro atoms. The van der Waals surface area contributed by atoms with Gasteiger partial charge in [0.05, 0.1) is 0 Å². The summed E-state index contributed by atoms with van der Waals surface area (Å²) in [6.07, 6.45) is 7.04. The Morgan fingerprint density at radius 1 is 1.11 bits per heavy atom. The maximum atomic E-state index is 13.6. The molecule has 8 heteroatoms. The number of carbonyl (C=O) groups is 2. The zero-order valence-electron chi connectivity index (χ0n) is 15.5. The summed E-state index contributed by atoms with van der Waals surface area (Å²) in [6, 6.07) is 0.146. The Bertz CT molecular complexity index is 771. The van der Waals surface area contributed by atoms with Crippen LogP contribution in [0, 0.1) is 5.41 Å². The first-order chi connectivity index (χ1) is 13.2. The highest BCUT2D eigenvalue weighted by Crippen LogP contribution is 2.44. The monoisotopic (exact) mass is 370 g/mol. The van der Waals surface area contributed by atoms with Gasteiger partial charge < -0.3 is 15.5 Å². The number of rotatable bonds is 2. The number of nitrogens with one attached hydrogen (secondary N) is 2. The van der Waals surface area contributed by atoms with Crippen LogP contribution in [0.1, 0.15) is 37.7 Å². The highest BCUT2D eigenvalue weighted by atomic mass is 16.2. The van der Waals surface area contributed by atoms with Crippen LogP contribution >= 0.6 is 0 Å². The van der Waals surface area contributed by atoms with E-state index in [2.05, 4.69) is 20.5 Å². The van der Waals surface area contributed by atoms with E-state index in [1.165, 1.54) is 0 Å². The third kappa shape index (κ3) is 2.61. The number of amides is 2. The molecule has 0 bridgehead atoms. The Balaban J connectivity index is 1.57. The van der Waals surface area contributed by atoms with Crippen LogP contribution in [0.4, 0.5) is 11.8 Å². The summed E-state index contributed by atoms with van der Waals surface area (Å²) >= 11 is 0. The van der Waals surface area contributed by atoms with Crippen molar-refractivity contribution in [3.63, 3.8) is 0 Å². The average Bonchev–Trinajstić information content (AvgIpc) is 3.34. The fourth-order valence-corrected chi connectivity index (χ4v) is 5.01. The molecule has 27 heavy (non-hydrogen) atoms. The van der Waals surface area contributed by atoms with Crippen molar-refractivity contribution in [3.8, 4) is 0 Å². The predicted molar refractivity (Wildman–Crippen MR) is 101 cm³/mol. The van der Waals surface area contributed by atoms with Crippen LogP contribution in [0.3, 0.4) is 0 Å². The maximum absolute atomic E-state index is 13.6. The second kappa shape index (κ2) is 6.44. The summed E-state index contributed by atoms with van der Waals surface area (Å²) in [5.74, 6) is 1.24. The molecule has 1 aromatic heterocycles. The molecule has 1 saturated carbocycles. The molecule has 1 aliphatic carbocycles. The fraction of sp³-hybridized carbons (Fsp3) is 0.684. The molecular formula is C19H26N6O2. The SMILES string of the molecule is O=C1NCC[C@@]12Cc1cnc(N3CCNCC3)nc1N(C1CCCC1)C2=O. The van der Waals surface area contributed by atoms with Crippen molar-refractivity contribution < 1.29 is 9.59 Å². The number of fused-ring (bicyclic) bond motifs is 1. The molecule has 144 valence electrons. The van der Waals surface area contributed by atoms with Crippen LogP contribution < -0.4 is 20.4 Å². The fourth-order valence-electron chi connectivity index (χ4n) is 5.01. The first-order valence-corrected chi connectivity index (χ1v) is 10.1. The van der Waals surface area contributed by atoms with Crippen molar-refractivity contribution in [1.82, 2.24) is 20.6 Å². The van der Waals surface area contributed by atoms with Gasteiger partial charge in [0.2, 0.25) is 17.8 Å². The molecule has 4 heterocycles. The summed E-state index contributed by atoms with van der Waals surface area (Å²) in [5, 5.41) is 6.21. The predicted octanol–water partition coefficient (Wildman–Crippen LogP) is 0.224. The number of piperazine rings is 1. The van der Waals surface area contributed by atoms with Gasteiger partial charge in [0, 0.05) is 56.9 Å². The van der Waals surface area contributed by atoms with E-state index in [9.17, 15) is 9.59 Å². The Morgan fingerprint density at radius 2 is 1.89 bits per heavy atom. The van der Waals surface area contributed by atoms with Crippen molar-refractivity contribution in [1.29, 1.82) is 0 Å². The largest absolute Gasteiger partial charge is 0.355 e. The second-order valence-corrected chi connectivity index (χ2v) is 8.13. The van der Waals surface area contributed by atoms with Crippen LogP contribution in [0.2, 0.25) is 0 Å². The molecule has 4 aliphatic rings. The summed E-state index contributed by atoms with van der Waals surface area (Å²) in [4.78, 5) is 39.7. The maximum Gasteiger partial charge on any atom is 0.244 e. The summed E-state index contributed by atoms with van der Waals surface area (Å²) in [5.41, 5.74) is -0.0346. The number of hydrogen-bond donors (Lipinski definition) is 2. The molecule has 3 aliphatic heterocycles. The number of anilines is 2. The zero-order valence-corrected chi connectivity index (χ0v) is 15.5. The number of nitrogens with zero attached hydrogens (tertiary/aromatic N) is 4. The quantitative estimate of drug-likeness (QED) is 0.724. The lowest BCUT2D eigenvalue weighted by atomic mass is 9.76. The minimum Gasteiger partial charge on any atom is -0.355 e. The van der Waals surface area contributed by atoms with Crippen LogP contribution in [0.25, 0.3) is 0 Å². The Hall–Kier alpha value is -2.22. The number of aromatic nitrogens is 2. The first kappa shape index (κ1) is 16.9. The Kier molecular flexibility index (Phi) is 4.03. The molecule has 3 fully saturated rings. The van der Waals surface area contributed by atoms with E-state index in [0.717, 1.165) is 63.2 Å². The Morgan fingerprint density at radius 3 is 2.59 bits per heavy atom. The second-order valence-electron chi connectivity index (χ2n) is 8.13. The van der Waals surface area contributed by atoms with E-state index in [-0.39, 0.29) is 17.9 Å². The van der Waals surface area contributed by atoms with Crippen molar-refractivity contribution in [3.05, 3.63) is 11.8 Å². The molecule has 2 saturated heterocycles. The van der Waals surface area contributed by atoms with Crippen LogP contribution in [0.5, 0.6) is 0 Å².